The van der Waals surface area contributed by atoms with Crippen molar-refractivity contribution in [3.05, 3.63) is 24.3 Å². The quantitative estimate of drug-likeness (QED) is 0.647. The lowest BCUT2D eigenvalue weighted by atomic mass is 10.1. The van der Waals surface area contributed by atoms with Crippen molar-refractivity contribution in [2.45, 2.75) is 43.5 Å². The van der Waals surface area contributed by atoms with Gasteiger partial charge in [0, 0.05) is 17.1 Å². The molecule has 0 saturated carbocycles. The van der Waals surface area contributed by atoms with E-state index in [4.69, 9.17) is 9.84 Å². The molecular weight excluding hydrogens is 302 g/mol. The summed E-state index contributed by atoms with van der Waals surface area (Å²) in [5.74, 6) is 0.149. The van der Waals surface area contributed by atoms with Crippen molar-refractivity contribution in [3.63, 3.8) is 0 Å². The van der Waals surface area contributed by atoms with E-state index in [1.165, 1.54) is 11.8 Å². The van der Waals surface area contributed by atoms with Crippen LogP contribution in [0.4, 0.5) is 0 Å². The maximum absolute atomic E-state index is 11.8. The lowest BCUT2D eigenvalue weighted by Gasteiger charge is -2.14. The molecule has 0 aromatic heterocycles. The number of ether oxygens (including phenoxy) is 1. The molecule has 6 heteroatoms. The number of carbonyl (C=O) groups excluding carboxylic acids is 1. The third-order valence-electron chi connectivity index (χ3n) is 3.14. The van der Waals surface area contributed by atoms with E-state index in [1.807, 2.05) is 31.2 Å². The molecule has 0 radical (unpaired) electrons. The minimum Gasteiger partial charge on any atom is -0.496 e. The fourth-order valence-electron chi connectivity index (χ4n) is 1.92. The Hall–Kier alpha value is -1.69. The van der Waals surface area contributed by atoms with Crippen LogP contribution < -0.4 is 10.1 Å². The van der Waals surface area contributed by atoms with E-state index in [1.54, 1.807) is 7.11 Å². The van der Waals surface area contributed by atoms with Crippen LogP contribution in [0.5, 0.6) is 5.75 Å². The summed E-state index contributed by atoms with van der Waals surface area (Å²) in [6, 6.07) is 6.82. The first-order chi connectivity index (χ1) is 10.6. The highest BCUT2D eigenvalue weighted by Crippen LogP contribution is 2.28. The number of amides is 1. The summed E-state index contributed by atoms with van der Waals surface area (Å²) in [7, 11) is 1.61. The number of hydrogen-bond donors (Lipinski definition) is 2. The van der Waals surface area contributed by atoms with Crippen LogP contribution in [0.25, 0.3) is 0 Å². The highest BCUT2D eigenvalue weighted by atomic mass is 32.2. The molecule has 0 aliphatic rings. The van der Waals surface area contributed by atoms with Crippen molar-refractivity contribution in [2.24, 2.45) is 0 Å². The zero-order valence-corrected chi connectivity index (χ0v) is 13.8. The first-order valence-electron chi connectivity index (χ1n) is 7.36. The van der Waals surface area contributed by atoms with E-state index in [0.29, 0.717) is 12.2 Å². The largest absolute Gasteiger partial charge is 0.496 e. The van der Waals surface area contributed by atoms with Gasteiger partial charge in [0.25, 0.3) is 0 Å². The predicted octanol–water partition coefficient (Wildman–Crippen LogP) is 2.94. The molecule has 0 saturated heterocycles. The second kappa shape index (κ2) is 10.1. The molecule has 1 rings (SSSR count). The van der Waals surface area contributed by atoms with Gasteiger partial charge in [0.2, 0.25) is 5.91 Å². The molecule has 1 unspecified atom stereocenters. The van der Waals surface area contributed by atoms with Crippen molar-refractivity contribution >= 4 is 23.6 Å². The van der Waals surface area contributed by atoms with Crippen LogP contribution in [0.1, 0.15) is 32.6 Å². The van der Waals surface area contributed by atoms with Crippen LogP contribution in [0.15, 0.2) is 29.2 Å². The second-order valence-electron chi connectivity index (χ2n) is 4.85. The maximum atomic E-state index is 11.8. The van der Waals surface area contributed by atoms with E-state index in [-0.39, 0.29) is 12.3 Å². The highest BCUT2D eigenvalue weighted by Gasteiger charge is 2.18. The van der Waals surface area contributed by atoms with E-state index >= 15 is 0 Å². The van der Waals surface area contributed by atoms with Gasteiger partial charge in [0.05, 0.1) is 7.11 Å². The Morgan fingerprint density at radius 1 is 1.36 bits per heavy atom. The fourth-order valence-corrected chi connectivity index (χ4v) is 2.90. The third kappa shape index (κ3) is 6.39. The van der Waals surface area contributed by atoms with Crippen LogP contribution in [-0.4, -0.2) is 35.9 Å². The van der Waals surface area contributed by atoms with Crippen LogP contribution in [0.2, 0.25) is 0 Å². The summed E-state index contributed by atoms with van der Waals surface area (Å²) in [6.07, 6.45) is 2.44. The Morgan fingerprint density at radius 3 is 2.73 bits per heavy atom. The fraction of sp³-hybridized carbons (Fsp3) is 0.500. The maximum Gasteiger partial charge on any atom is 0.326 e. The highest BCUT2D eigenvalue weighted by molar-refractivity contribution is 7.99. The number of para-hydroxylation sites is 1. The molecule has 1 aromatic carbocycles. The summed E-state index contributed by atoms with van der Waals surface area (Å²) in [4.78, 5) is 23.9. The van der Waals surface area contributed by atoms with Gasteiger partial charge in [-0.1, -0.05) is 31.9 Å². The molecule has 5 nitrogen and oxygen atoms in total. The molecule has 2 N–H and O–H groups in total. The summed E-state index contributed by atoms with van der Waals surface area (Å²) in [6.45, 7) is 1.99. The molecular formula is C16H23NO4S. The second-order valence-corrected chi connectivity index (χ2v) is 5.99. The normalized spacial score (nSPS) is 11.7. The SMILES string of the molecule is CCCCC(NC(=O)CCSc1ccccc1OC)C(=O)O. The van der Waals surface area contributed by atoms with E-state index in [9.17, 15) is 9.59 Å². The number of methoxy groups -OCH3 is 1. The summed E-state index contributed by atoms with van der Waals surface area (Å²) in [5, 5.41) is 11.7. The minimum absolute atomic E-state index is 0.231. The number of carbonyl (C=O) groups is 2. The third-order valence-corrected chi connectivity index (χ3v) is 4.19. The van der Waals surface area contributed by atoms with Crippen molar-refractivity contribution in [1.29, 1.82) is 0 Å². The number of hydrogen-bond acceptors (Lipinski definition) is 4. The number of nitrogens with one attached hydrogen (secondary N) is 1. The molecule has 0 aliphatic heterocycles. The molecule has 22 heavy (non-hydrogen) atoms. The molecule has 1 amide bonds. The van der Waals surface area contributed by atoms with Crippen molar-refractivity contribution in [3.8, 4) is 5.75 Å². The summed E-state index contributed by atoms with van der Waals surface area (Å²) < 4.78 is 5.24. The van der Waals surface area contributed by atoms with Crippen LogP contribution in [0.3, 0.4) is 0 Å². The number of thioether (sulfide) groups is 1. The Bertz CT molecular complexity index is 493. The molecule has 0 fully saturated rings. The van der Waals surface area contributed by atoms with E-state index in [2.05, 4.69) is 5.32 Å². The molecule has 0 bridgehead atoms. The molecule has 0 spiro atoms. The van der Waals surface area contributed by atoms with Gasteiger partial charge in [-0.15, -0.1) is 11.8 Å². The standard InChI is InChI=1S/C16H23NO4S/c1-3-4-7-12(16(19)20)17-15(18)10-11-22-14-9-6-5-8-13(14)21-2/h5-6,8-9,12H,3-4,7,10-11H2,1-2H3,(H,17,18)(H,19,20). The van der Waals surface area contributed by atoms with Gasteiger partial charge in [0.1, 0.15) is 11.8 Å². The van der Waals surface area contributed by atoms with Gasteiger partial charge in [-0.05, 0) is 18.6 Å². The van der Waals surface area contributed by atoms with Crippen LogP contribution in [-0.2, 0) is 9.59 Å². The molecule has 0 aliphatic carbocycles. The van der Waals surface area contributed by atoms with Crippen molar-refractivity contribution in [2.75, 3.05) is 12.9 Å². The molecule has 1 aromatic rings. The first kappa shape index (κ1) is 18.4. The van der Waals surface area contributed by atoms with Crippen LogP contribution in [0, 0.1) is 0 Å². The minimum atomic E-state index is -0.973. The molecule has 122 valence electrons. The zero-order chi connectivity index (χ0) is 16.4. The molecule has 0 heterocycles. The van der Waals surface area contributed by atoms with Crippen molar-refractivity contribution in [1.82, 2.24) is 5.32 Å². The van der Waals surface area contributed by atoms with Crippen LogP contribution >= 0.6 is 11.8 Å². The lowest BCUT2D eigenvalue weighted by Crippen LogP contribution is -2.40. The van der Waals surface area contributed by atoms with E-state index in [0.717, 1.165) is 23.5 Å². The Labute approximate surface area is 135 Å². The number of rotatable bonds is 10. The summed E-state index contributed by atoms with van der Waals surface area (Å²) >= 11 is 1.52. The van der Waals surface area contributed by atoms with Crippen molar-refractivity contribution < 1.29 is 19.4 Å². The van der Waals surface area contributed by atoms with Gasteiger partial charge in [-0.2, -0.15) is 0 Å². The average molecular weight is 325 g/mol. The van der Waals surface area contributed by atoms with Gasteiger partial charge >= 0.3 is 5.97 Å². The molecule has 1 atom stereocenters. The monoisotopic (exact) mass is 325 g/mol. The average Bonchev–Trinajstić information content (AvgIpc) is 2.51. The van der Waals surface area contributed by atoms with Gasteiger partial charge in [-0.25, -0.2) is 4.79 Å². The van der Waals surface area contributed by atoms with Gasteiger partial charge in [0.15, 0.2) is 0 Å². The first-order valence-corrected chi connectivity index (χ1v) is 8.35. The smallest absolute Gasteiger partial charge is 0.326 e. The Kier molecular flexibility index (Phi) is 8.43. The topological polar surface area (TPSA) is 75.6 Å². The Balaban J connectivity index is 2.40. The Morgan fingerprint density at radius 2 is 2.09 bits per heavy atom. The van der Waals surface area contributed by atoms with E-state index < -0.39 is 12.0 Å². The number of carboxylic acids is 1. The zero-order valence-electron chi connectivity index (χ0n) is 13.0. The number of unbranched alkanes of at least 4 members (excludes halogenated alkanes) is 1. The number of benzene rings is 1. The van der Waals surface area contributed by atoms with Gasteiger partial charge < -0.3 is 15.2 Å². The van der Waals surface area contributed by atoms with Gasteiger partial charge in [-0.3, -0.25) is 4.79 Å². The number of carboxylic acid groups (broad SMARTS) is 1. The lowest BCUT2D eigenvalue weighted by molar-refractivity contribution is -0.142. The number of aliphatic carboxylic acids is 1. The summed E-state index contributed by atoms with van der Waals surface area (Å²) in [5.41, 5.74) is 0. The predicted molar refractivity (Wildman–Crippen MR) is 87.4 cm³/mol.